The zero-order valence-electron chi connectivity index (χ0n) is 11.0. The van der Waals surface area contributed by atoms with E-state index in [0.717, 1.165) is 5.92 Å². The zero-order valence-corrected chi connectivity index (χ0v) is 11.0. The van der Waals surface area contributed by atoms with Crippen LogP contribution in [0.5, 0.6) is 0 Å². The van der Waals surface area contributed by atoms with E-state index in [4.69, 9.17) is 0 Å². The van der Waals surface area contributed by atoms with Gasteiger partial charge in [-0.05, 0) is 37.3 Å². The Balaban J connectivity index is 2.02. The summed E-state index contributed by atoms with van der Waals surface area (Å²) in [6.07, 6.45) is 3.39. The first-order valence-electron chi connectivity index (χ1n) is 6.64. The first kappa shape index (κ1) is 12.4. The van der Waals surface area contributed by atoms with E-state index in [2.05, 4.69) is 61.7 Å². The molecule has 0 bridgehead atoms. The van der Waals surface area contributed by atoms with E-state index in [1.165, 1.54) is 25.1 Å². The van der Waals surface area contributed by atoms with Crippen LogP contribution in [0.25, 0.3) is 0 Å². The third kappa shape index (κ3) is 2.78. The highest BCUT2D eigenvalue weighted by Gasteiger charge is 2.26. The molecule has 0 saturated carbocycles. The van der Waals surface area contributed by atoms with Gasteiger partial charge in [-0.25, -0.2) is 0 Å². The van der Waals surface area contributed by atoms with Crippen molar-refractivity contribution in [3.05, 3.63) is 48.6 Å². The molecular weight excluding hydrogens is 206 g/mol. The molecule has 1 saturated heterocycles. The van der Waals surface area contributed by atoms with Crippen LogP contribution in [0.4, 0.5) is 0 Å². The first-order chi connectivity index (χ1) is 8.22. The lowest BCUT2D eigenvalue weighted by molar-refractivity contribution is 0.113. The Labute approximate surface area is 105 Å². The summed E-state index contributed by atoms with van der Waals surface area (Å²) >= 11 is 0. The maximum Gasteiger partial charge on any atom is 0.0319 e. The van der Waals surface area contributed by atoms with Gasteiger partial charge in [-0.3, -0.25) is 4.90 Å². The summed E-state index contributed by atoms with van der Waals surface area (Å²) in [5.41, 5.74) is 1.43. The van der Waals surface area contributed by atoms with Crippen molar-refractivity contribution in [2.75, 3.05) is 13.1 Å². The molecule has 0 aliphatic carbocycles. The number of nitrogens with zero attached hydrogens (tertiary/aromatic N) is 1. The fraction of sp³-hybridized carbons (Fsp3) is 0.500. The van der Waals surface area contributed by atoms with E-state index in [1.54, 1.807) is 0 Å². The molecule has 0 unspecified atom stereocenters. The molecule has 1 aromatic carbocycles. The molecule has 1 heterocycles. The van der Waals surface area contributed by atoms with Gasteiger partial charge in [-0.2, -0.15) is 0 Å². The molecule has 0 amide bonds. The summed E-state index contributed by atoms with van der Waals surface area (Å²) in [6.45, 7) is 11.0. The highest BCUT2D eigenvalue weighted by molar-refractivity contribution is 5.18. The normalized spacial score (nSPS) is 27.6. The number of rotatable bonds is 3. The summed E-state index contributed by atoms with van der Waals surface area (Å²) in [5, 5.41) is 0. The summed E-state index contributed by atoms with van der Waals surface area (Å²) in [7, 11) is 0. The lowest BCUT2D eigenvalue weighted by Crippen LogP contribution is -2.40. The fourth-order valence-electron chi connectivity index (χ4n) is 2.84. The Kier molecular flexibility index (Phi) is 4.01. The van der Waals surface area contributed by atoms with Gasteiger partial charge in [0.15, 0.2) is 0 Å². The third-order valence-electron chi connectivity index (χ3n) is 4.14. The quantitative estimate of drug-likeness (QED) is 0.711. The predicted octanol–water partition coefficient (Wildman–Crippen LogP) is 3.89. The Morgan fingerprint density at radius 3 is 2.65 bits per heavy atom. The second-order valence-electron chi connectivity index (χ2n) is 5.25. The third-order valence-corrected chi connectivity index (χ3v) is 4.14. The van der Waals surface area contributed by atoms with Gasteiger partial charge in [0.25, 0.3) is 0 Å². The van der Waals surface area contributed by atoms with Crippen molar-refractivity contribution in [2.24, 2.45) is 11.8 Å². The van der Waals surface area contributed by atoms with Gasteiger partial charge in [0.05, 0.1) is 0 Å². The molecule has 1 heteroatoms. The molecule has 0 spiro atoms. The van der Waals surface area contributed by atoms with E-state index in [9.17, 15) is 0 Å². The van der Waals surface area contributed by atoms with Crippen molar-refractivity contribution < 1.29 is 0 Å². The van der Waals surface area contributed by atoms with Gasteiger partial charge in [0.2, 0.25) is 0 Å². The number of piperidine rings is 1. The van der Waals surface area contributed by atoms with Crippen LogP contribution in [0.1, 0.15) is 31.9 Å². The van der Waals surface area contributed by atoms with E-state index < -0.39 is 0 Å². The highest BCUT2D eigenvalue weighted by atomic mass is 15.2. The summed E-state index contributed by atoms with van der Waals surface area (Å²) < 4.78 is 0. The molecule has 0 N–H and O–H groups in total. The van der Waals surface area contributed by atoms with E-state index in [1.807, 2.05) is 0 Å². The molecule has 1 nitrogen and oxygen atoms in total. The van der Waals surface area contributed by atoms with Crippen molar-refractivity contribution in [1.29, 1.82) is 0 Å². The van der Waals surface area contributed by atoms with Crippen LogP contribution in [0.2, 0.25) is 0 Å². The van der Waals surface area contributed by atoms with E-state index in [0.29, 0.717) is 12.0 Å². The molecule has 1 aromatic rings. The SMILES string of the molecule is C=C[C@@H]1CCN([C@H](C)c2ccccc2)C[C@@H]1C. The fourth-order valence-corrected chi connectivity index (χ4v) is 2.84. The molecule has 0 aromatic heterocycles. The second kappa shape index (κ2) is 5.50. The van der Waals surface area contributed by atoms with Crippen LogP contribution < -0.4 is 0 Å². The van der Waals surface area contributed by atoms with Gasteiger partial charge in [0, 0.05) is 12.6 Å². The molecule has 0 radical (unpaired) electrons. The minimum Gasteiger partial charge on any atom is -0.296 e. The Morgan fingerprint density at radius 1 is 1.35 bits per heavy atom. The number of benzene rings is 1. The lowest BCUT2D eigenvalue weighted by atomic mass is 9.86. The van der Waals surface area contributed by atoms with E-state index >= 15 is 0 Å². The van der Waals surface area contributed by atoms with Crippen molar-refractivity contribution in [2.45, 2.75) is 26.3 Å². The minimum atomic E-state index is 0.532. The van der Waals surface area contributed by atoms with Crippen molar-refractivity contribution >= 4 is 0 Å². The van der Waals surface area contributed by atoms with Crippen LogP contribution in [0.15, 0.2) is 43.0 Å². The molecular formula is C16H23N. The number of allylic oxidation sites excluding steroid dienone is 1. The second-order valence-corrected chi connectivity index (χ2v) is 5.25. The highest BCUT2D eigenvalue weighted by Crippen LogP contribution is 2.30. The summed E-state index contributed by atoms with van der Waals surface area (Å²) in [4.78, 5) is 2.60. The number of hydrogen-bond acceptors (Lipinski definition) is 1. The minimum absolute atomic E-state index is 0.532. The molecule has 1 aliphatic heterocycles. The van der Waals surface area contributed by atoms with Crippen LogP contribution in [0.3, 0.4) is 0 Å². The molecule has 2 rings (SSSR count). The Morgan fingerprint density at radius 2 is 2.06 bits per heavy atom. The van der Waals surface area contributed by atoms with Crippen molar-refractivity contribution in [1.82, 2.24) is 4.90 Å². The van der Waals surface area contributed by atoms with Gasteiger partial charge in [0.1, 0.15) is 0 Å². The molecule has 1 fully saturated rings. The van der Waals surface area contributed by atoms with Gasteiger partial charge >= 0.3 is 0 Å². The predicted molar refractivity (Wildman–Crippen MR) is 73.9 cm³/mol. The molecule has 1 aliphatic rings. The van der Waals surface area contributed by atoms with Gasteiger partial charge in [-0.15, -0.1) is 6.58 Å². The summed E-state index contributed by atoms with van der Waals surface area (Å²) in [6, 6.07) is 11.3. The number of hydrogen-bond donors (Lipinski definition) is 0. The first-order valence-corrected chi connectivity index (χ1v) is 6.64. The average molecular weight is 229 g/mol. The monoisotopic (exact) mass is 229 g/mol. The smallest absolute Gasteiger partial charge is 0.0319 e. The van der Waals surface area contributed by atoms with Gasteiger partial charge in [-0.1, -0.05) is 43.3 Å². The van der Waals surface area contributed by atoms with Crippen LogP contribution in [-0.2, 0) is 0 Å². The number of likely N-dealkylation sites (tertiary alicyclic amines) is 1. The van der Waals surface area contributed by atoms with Crippen molar-refractivity contribution in [3.8, 4) is 0 Å². The maximum atomic E-state index is 3.94. The van der Waals surface area contributed by atoms with E-state index in [-0.39, 0.29) is 0 Å². The molecule has 3 atom stereocenters. The Hall–Kier alpha value is -1.08. The molecule has 92 valence electrons. The van der Waals surface area contributed by atoms with Crippen LogP contribution in [0, 0.1) is 11.8 Å². The lowest BCUT2D eigenvalue weighted by Gasteiger charge is -2.39. The largest absolute Gasteiger partial charge is 0.296 e. The average Bonchev–Trinajstić information content (AvgIpc) is 2.39. The van der Waals surface area contributed by atoms with Crippen molar-refractivity contribution in [3.63, 3.8) is 0 Å². The van der Waals surface area contributed by atoms with Crippen LogP contribution in [-0.4, -0.2) is 18.0 Å². The Bertz CT molecular complexity index is 357. The van der Waals surface area contributed by atoms with Gasteiger partial charge < -0.3 is 0 Å². The molecule has 17 heavy (non-hydrogen) atoms. The topological polar surface area (TPSA) is 3.24 Å². The van der Waals surface area contributed by atoms with Crippen LogP contribution >= 0.6 is 0 Å². The standard InChI is InChI=1S/C16H23N/c1-4-15-10-11-17(12-13(15)2)14(3)16-8-6-5-7-9-16/h4-9,13-15H,1,10-12H2,2-3H3/t13-,14+,15+/m0/s1. The zero-order chi connectivity index (χ0) is 12.3. The maximum absolute atomic E-state index is 3.94. The summed E-state index contributed by atoms with van der Waals surface area (Å²) in [5.74, 6) is 1.43.